The van der Waals surface area contributed by atoms with Crippen molar-refractivity contribution in [1.29, 1.82) is 0 Å². The normalized spacial score (nSPS) is 11.0. The predicted octanol–water partition coefficient (Wildman–Crippen LogP) is 4.92. The largest absolute Gasteiger partial charge is 0.363 e. The molecule has 0 spiro atoms. The lowest BCUT2D eigenvalue weighted by atomic mass is 10.1. The van der Waals surface area contributed by atoms with Gasteiger partial charge in [-0.2, -0.15) is 0 Å². The summed E-state index contributed by atoms with van der Waals surface area (Å²) in [6.45, 7) is 2.86. The van der Waals surface area contributed by atoms with E-state index in [9.17, 15) is 4.39 Å². The number of nitrogens with zero attached hydrogens (tertiary/aromatic N) is 1. The van der Waals surface area contributed by atoms with Gasteiger partial charge in [0.05, 0.1) is 5.39 Å². The minimum atomic E-state index is -0.321. The maximum Gasteiger partial charge on any atom is 0.177 e. The highest BCUT2D eigenvalue weighted by Gasteiger charge is 2.08. The highest BCUT2D eigenvalue weighted by Crippen LogP contribution is 2.23. The maximum atomic E-state index is 13.1. The fourth-order valence-electron chi connectivity index (χ4n) is 2.43. The highest BCUT2D eigenvalue weighted by atomic mass is 19.1. The van der Waals surface area contributed by atoms with Crippen LogP contribution in [0.1, 0.15) is 30.9 Å². The average molecular weight is 298 g/mol. The summed E-state index contributed by atoms with van der Waals surface area (Å²) < 4.78 is 18.2. The summed E-state index contributed by atoms with van der Waals surface area (Å²) in [7, 11) is 0. The van der Waals surface area contributed by atoms with Crippen LogP contribution in [0.5, 0.6) is 0 Å². The monoisotopic (exact) mass is 298 g/mol. The molecular formula is C18H19FN2O. The van der Waals surface area contributed by atoms with Gasteiger partial charge in [0, 0.05) is 12.6 Å². The first-order chi connectivity index (χ1) is 10.8. The zero-order valence-electron chi connectivity index (χ0n) is 12.6. The molecule has 2 aromatic carbocycles. The van der Waals surface area contributed by atoms with Crippen LogP contribution in [-0.2, 0) is 13.0 Å². The summed E-state index contributed by atoms with van der Waals surface area (Å²) in [6.07, 6.45) is 3.56. The quantitative estimate of drug-likeness (QED) is 0.701. The number of hydrogen-bond acceptors (Lipinski definition) is 3. The van der Waals surface area contributed by atoms with E-state index in [1.807, 2.05) is 0 Å². The van der Waals surface area contributed by atoms with Gasteiger partial charge in [-0.15, -0.1) is 0 Å². The molecule has 114 valence electrons. The number of anilines is 1. The molecule has 3 aromatic rings. The molecule has 0 bridgehead atoms. The molecule has 1 N–H and O–H groups in total. The van der Waals surface area contributed by atoms with Crippen LogP contribution >= 0.6 is 0 Å². The van der Waals surface area contributed by atoms with Crippen LogP contribution in [0.25, 0.3) is 11.0 Å². The van der Waals surface area contributed by atoms with Crippen LogP contribution in [-0.4, -0.2) is 5.16 Å². The SMILES string of the molecule is CCCCc1ccc(CNc2noc3cc(F)ccc23)cc1. The van der Waals surface area contributed by atoms with E-state index in [4.69, 9.17) is 4.52 Å². The summed E-state index contributed by atoms with van der Waals surface area (Å²) in [5, 5.41) is 7.99. The Hall–Kier alpha value is -2.36. The number of aryl methyl sites for hydroxylation is 1. The molecule has 0 atom stereocenters. The Morgan fingerprint density at radius 2 is 1.86 bits per heavy atom. The van der Waals surface area contributed by atoms with Crippen LogP contribution in [0, 0.1) is 5.82 Å². The van der Waals surface area contributed by atoms with E-state index >= 15 is 0 Å². The van der Waals surface area contributed by atoms with E-state index in [1.165, 1.54) is 36.1 Å². The molecule has 1 aromatic heterocycles. The van der Waals surface area contributed by atoms with Crippen molar-refractivity contribution in [1.82, 2.24) is 5.16 Å². The fraction of sp³-hybridized carbons (Fsp3) is 0.278. The number of benzene rings is 2. The second-order valence-corrected chi connectivity index (χ2v) is 5.45. The standard InChI is InChI=1S/C18H19FN2O/c1-2-3-4-13-5-7-14(8-6-13)12-20-18-16-10-9-15(19)11-17(16)22-21-18/h5-11H,2-4,12H2,1H3,(H,20,21). The van der Waals surface area contributed by atoms with Crippen molar-refractivity contribution in [3.05, 3.63) is 59.4 Å². The van der Waals surface area contributed by atoms with Crippen molar-refractivity contribution >= 4 is 16.8 Å². The van der Waals surface area contributed by atoms with E-state index < -0.39 is 0 Å². The molecule has 0 aliphatic carbocycles. The van der Waals surface area contributed by atoms with Gasteiger partial charge in [-0.05, 0) is 36.1 Å². The second-order valence-electron chi connectivity index (χ2n) is 5.45. The third kappa shape index (κ3) is 3.27. The first kappa shape index (κ1) is 14.6. The summed E-state index contributed by atoms with van der Waals surface area (Å²) >= 11 is 0. The van der Waals surface area contributed by atoms with Gasteiger partial charge in [0.15, 0.2) is 11.4 Å². The Balaban J connectivity index is 1.66. The van der Waals surface area contributed by atoms with Crippen molar-refractivity contribution in [3.8, 4) is 0 Å². The molecule has 0 aliphatic heterocycles. The maximum absolute atomic E-state index is 13.1. The van der Waals surface area contributed by atoms with Crippen molar-refractivity contribution in [2.75, 3.05) is 5.32 Å². The van der Waals surface area contributed by atoms with E-state index in [2.05, 4.69) is 41.7 Å². The van der Waals surface area contributed by atoms with E-state index in [0.29, 0.717) is 17.9 Å². The topological polar surface area (TPSA) is 38.1 Å². The van der Waals surface area contributed by atoms with Gasteiger partial charge in [0.2, 0.25) is 0 Å². The van der Waals surface area contributed by atoms with Gasteiger partial charge in [-0.3, -0.25) is 0 Å². The summed E-state index contributed by atoms with van der Waals surface area (Å²) in [5.74, 6) is 0.322. The molecule has 0 unspecified atom stereocenters. The van der Waals surface area contributed by atoms with Crippen molar-refractivity contribution in [2.24, 2.45) is 0 Å². The molecular weight excluding hydrogens is 279 g/mol. The molecule has 3 nitrogen and oxygen atoms in total. The van der Waals surface area contributed by atoms with Gasteiger partial charge >= 0.3 is 0 Å². The van der Waals surface area contributed by atoms with E-state index in [0.717, 1.165) is 11.8 Å². The third-order valence-corrected chi connectivity index (χ3v) is 3.74. The molecule has 0 radical (unpaired) electrons. The first-order valence-corrected chi connectivity index (χ1v) is 7.63. The van der Waals surface area contributed by atoms with Crippen molar-refractivity contribution < 1.29 is 8.91 Å². The molecule has 0 saturated heterocycles. The van der Waals surface area contributed by atoms with Crippen LogP contribution in [0.4, 0.5) is 10.2 Å². The molecule has 0 aliphatic rings. The average Bonchev–Trinajstić information content (AvgIpc) is 2.94. The minimum Gasteiger partial charge on any atom is -0.363 e. The minimum absolute atomic E-state index is 0.321. The lowest BCUT2D eigenvalue weighted by Crippen LogP contribution is -2.00. The summed E-state index contributed by atoms with van der Waals surface area (Å²) in [5.41, 5.74) is 3.00. The Labute approximate surface area is 129 Å². The Kier molecular flexibility index (Phi) is 4.37. The fourth-order valence-corrected chi connectivity index (χ4v) is 2.43. The number of hydrogen-bond donors (Lipinski definition) is 1. The smallest absolute Gasteiger partial charge is 0.177 e. The molecule has 22 heavy (non-hydrogen) atoms. The van der Waals surface area contributed by atoms with Gasteiger partial charge < -0.3 is 9.84 Å². The zero-order valence-corrected chi connectivity index (χ0v) is 12.6. The summed E-state index contributed by atoms with van der Waals surface area (Å²) in [4.78, 5) is 0. The second kappa shape index (κ2) is 6.60. The van der Waals surface area contributed by atoms with Crippen molar-refractivity contribution in [3.63, 3.8) is 0 Å². The lowest BCUT2D eigenvalue weighted by molar-refractivity contribution is 0.457. The molecule has 0 fully saturated rings. The highest BCUT2D eigenvalue weighted by molar-refractivity contribution is 5.87. The molecule has 4 heteroatoms. The molecule has 3 rings (SSSR count). The summed E-state index contributed by atoms with van der Waals surface area (Å²) in [6, 6.07) is 13.0. The lowest BCUT2D eigenvalue weighted by Gasteiger charge is -2.05. The number of fused-ring (bicyclic) bond motifs is 1. The van der Waals surface area contributed by atoms with Crippen LogP contribution in [0.15, 0.2) is 47.0 Å². The molecule has 0 saturated carbocycles. The van der Waals surface area contributed by atoms with Gasteiger partial charge in [-0.1, -0.05) is 42.8 Å². The number of rotatable bonds is 6. The Morgan fingerprint density at radius 3 is 2.64 bits per heavy atom. The number of halogens is 1. The zero-order chi connectivity index (χ0) is 15.4. The van der Waals surface area contributed by atoms with Gasteiger partial charge in [-0.25, -0.2) is 4.39 Å². The number of nitrogens with one attached hydrogen (secondary N) is 1. The van der Waals surface area contributed by atoms with Crippen LogP contribution in [0.3, 0.4) is 0 Å². The number of unbranched alkanes of at least 4 members (excludes halogenated alkanes) is 1. The molecule has 0 amide bonds. The van der Waals surface area contributed by atoms with Crippen LogP contribution < -0.4 is 5.32 Å². The number of aromatic nitrogens is 1. The third-order valence-electron chi connectivity index (χ3n) is 3.74. The van der Waals surface area contributed by atoms with Gasteiger partial charge in [0.1, 0.15) is 5.82 Å². The van der Waals surface area contributed by atoms with E-state index in [1.54, 1.807) is 6.07 Å². The molecule has 1 heterocycles. The van der Waals surface area contributed by atoms with Gasteiger partial charge in [0.25, 0.3) is 0 Å². The predicted molar refractivity (Wildman–Crippen MR) is 86.3 cm³/mol. The van der Waals surface area contributed by atoms with Crippen molar-refractivity contribution in [2.45, 2.75) is 32.7 Å². The van der Waals surface area contributed by atoms with Crippen LogP contribution in [0.2, 0.25) is 0 Å². The Morgan fingerprint density at radius 1 is 1.09 bits per heavy atom. The Bertz CT molecular complexity index is 749. The first-order valence-electron chi connectivity index (χ1n) is 7.63. The van der Waals surface area contributed by atoms with E-state index in [-0.39, 0.29) is 5.82 Å².